The first-order chi connectivity index (χ1) is 14.7. The van der Waals surface area contributed by atoms with Crippen molar-refractivity contribution in [2.45, 2.75) is 37.1 Å². The van der Waals surface area contributed by atoms with Crippen LogP contribution in [0.25, 0.3) is 0 Å². The fourth-order valence-electron chi connectivity index (χ4n) is 4.47. The molecule has 1 amide bonds. The molecule has 2 aromatic carbocycles. The Morgan fingerprint density at radius 2 is 1.87 bits per heavy atom. The summed E-state index contributed by atoms with van der Waals surface area (Å²) in [6.45, 7) is 2.43. The molecule has 6 nitrogen and oxygen atoms in total. The predicted molar refractivity (Wildman–Crippen MR) is 119 cm³/mol. The molecule has 0 radical (unpaired) electrons. The SMILES string of the molecule is COc1ccc(F)cc1S(=O)(=O)N1CCC(C(=O)N2c3ccc(Br)cc3C[C@H]2C)CC1. The second kappa shape index (κ2) is 8.52. The highest BCUT2D eigenvalue weighted by Gasteiger charge is 2.38. The largest absolute Gasteiger partial charge is 0.495 e. The lowest BCUT2D eigenvalue weighted by Gasteiger charge is -2.34. The summed E-state index contributed by atoms with van der Waals surface area (Å²) >= 11 is 3.48. The Bertz CT molecular complexity index is 1120. The first kappa shape index (κ1) is 22.2. The van der Waals surface area contributed by atoms with Gasteiger partial charge >= 0.3 is 0 Å². The maximum atomic E-state index is 13.7. The van der Waals surface area contributed by atoms with Crippen LogP contribution in [0.4, 0.5) is 10.1 Å². The number of piperidine rings is 1. The average molecular weight is 511 g/mol. The van der Waals surface area contributed by atoms with E-state index in [1.165, 1.54) is 17.5 Å². The summed E-state index contributed by atoms with van der Waals surface area (Å²) in [4.78, 5) is 15.0. The molecule has 1 atom stereocenters. The minimum atomic E-state index is -3.92. The zero-order valence-corrected chi connectivity index (χ0v) is 19.7. The van der Waals surface area contributed by atoms with Gasteiger partial charge in [-0.15, -0.1) is 0 Å². The zero-order chi connectivity index (χ0) is 22.3. The number of sulfonamides is 1. The third kappa shape index (κ3) is 4.10. The molecule has 1 fully saturated rings. The minimum absolute atomic E-state index is 0.0361. The summed E-state index contributed by atoms with van der Waals surface area (Å²) in [5.74, 6) is -0.752. The van der Waals surface area contributed by atoms with Crippen molar-refractivity contribution in [3.05, 3.63) is 52.3 Å². The summed E-state index contributed by atoms with van der Waals surface area (Å²) in [7, 11) is -2.57. The molecular weight excluding hydrogens is 487 g/mol. The van der Waals surface area contributed by atoms with Crippen LogP contribution in [-0.2, 0) is 21.2 Å². The van der Waals surface area contributed by atoms with Gasteiger partial charge in [-0.3, -0.25) is 4.79 Å². The molecule has 0 aromatic heterocycles. The molecule has 0 unspecified atom stereocenters. The van der Waals surface area contributed by atoms with Gasteiger partial charge in [0.25, 0.3) is 0 Å². The normalized spacial score (nSPS) is 20.0. The van der Waals surface area contributed by atoms with E-state index in [0.29, 0.717) is 12.8 Å². The van der Waals surface area contributed by atoms with Gasteiger partial charge in [-0.25, -0.2) is 12.8 Å². The number of fused-ring (bicyclic) bond motifs is 1. The number of ether oxygens (including phenoxy) is 1. The molecule has 2 heterocycles. The van der Waals surface area contributed by atoms with E-state index in [9.17, 15) is 17.6 Å². The van der Waals surface area contributed by atoms with Crippen LogP contribution in [0, 0.1) is 11.7 Å². The molecule has 0 bridgehead atoms. The van der Waals surface area contributed by atoms with E-state index in [-0.39, 0.29) is 41.6 Å². The van der Waals surface area contributed by atoms with Crippen molar-refractivity contribution in [1.29, 1.82) is 0 Å². The van der Waals surface area contributed by atoms with Crippen molar-refractivity contribution in [2.75, 3.05) is 25.1 Å². The van der Waals surface area contributed by atoms with Crippen molar-refractivity contribution < 1.29 is 22.3 Å². The number of methoxy groups -OCH3 is 1. The monoisotopic (exact) mass is 510 g/mol. The van der Waals surface area contributed by atoms with E-state index in [4.69, 9.17) is 4.74 Å². The van der Waals surface area contributed by atoms with Crippen molar-refractivity contribution in [3.8, 4) is 5.75 Å². The topological polar surface area (TPSA) is 66.9 Å². The summed E-state index contributed by atoms with van der Waals surface area (Å²) in [5, 5.41) is 0. The van der Waals surface area contributed by atoms with Crippen molar-refractivity contribution >= 4 is 37.5 Å². The quantitative estimate of drug-likeness (QED) is 0.623. The molecule has 2 aliphatic heterocycles. The van der Waals surface area contributed by atoms with Crippen LogP contribution in [0.1, 0.15) is 25.3 Å². The highest BCUT2D eigenvalue weighted by molar-refractivity contribution is 9.10. The lowest BCUT2D eigenvalue weighted by molar-refractivity contribution is -0.123. The van der Waals surface area contributed by atoms with Crippen LogP contribution in [-0.4, -0.2) is 44.9 Å². The highest BCUT2D eigenvalue weighted by atomic mass is 79.9. The Morgan fingerprint density at radius 3 is 2.55 bits per heavy atom. The van der Waals surface area contributed by atoms with Gasteiger partial charge in [-0.2, -0.15) is 4.31 Å². The third-order valence-electron chi connectivity index (χ3n) is 6.04. The number of rotatable bonds is 4. The number of nitrogens with zero attached hydrogens (tertiary/aromatic N) is 2. The van der Waals surface area contributed by atoms with Crippen molar-refractivity contribution in [1.82, 2.24) is 4.31 Å². The first-order valence-electron chi connectivity index (χ1n) is 10.2. The number of carbonyl (C=O) groups excluding carboxylic acids is 1. The lowest BCUT2D eigenvalue weighted by atomic mass is 9.96. The zero-order valence-electron chi connectivity index (χ0n) is 17.3. The summed E-state index contributed by atoms with van der Waals surface area (Å²) in [6.07, 6.45) is 1.64. The minimum Gasteiger partial charge on any atom is -0.495 e. The van der Waals surface area contributed by atoms with E-state index >= 15 is 0 Å². The number of hydrogen-bond acceptors (Lipinski definition) is 4. The molecule has 2 aliphatic rings. The molecule has 0 N–H and O–H groups in total. The Balaban J connectivity index is 1.49. The molecule has 4 rings (SSSR count). The van der Waals surface area contributed by atoms with Gasteiger partial charge in [0.05, 0.1) is 7.11 Å². The van der Waals surface area contributed by atoms with E-state index in [1.807, 2.05) is 30.0 Å². The van der Waals surface area contributed by atoms with Crippen LogP contribution >= 0.6 is 15.9 Å². The van der Waals surface area contributed by atoms with Crippen molar-refractivity contribution in [2.24, 2.45) is 5.92 Å². The van der Waals surface area contributed by atoms with Crippen molar-refractivity contribution in [3.63, 3.8) is 0 Å². The molecule has 31 heavy (non-hydrogen) atoms. The van der Waals surface area contributed by atoms with E-state index in [0.717, 1.165) is 34.3 Å². The number of halogens is 2. The fourth-order valence-corrected chi connectivity index (χ4v) is 6.51. The average Bonchev–Trinajstić information content (AvgIpc) is 3.07. The standard InChI is InChI=1S/C22H24BrFN2O4S/c1-14-11-16-12-17(23)3-5-19(16)26(14)22(27)15-7-9-25(10-8-15)31(28,29)21-13-18(24)4-6-20(21)30-2/h3-6,12-15H,7-11H2,1-2H3/t14-/m1/s1. The number of amides is 1. The third-order valence-corrected chi connectivity index (χ3v) is 8.45. The number of hydrogen-bond donors (Lipinski definition) is 0. The molecule has 0 aliphatic carbocycles. The molecule has 0 saturated carbocycles. The maximum Gasteiger partial charge on any atom is 0.246 e. The number of carbonyl (C=O) groups is 1. The van der Waals surface area contributed by atoms with Gasteiger partial charge < -0.3 is 9.64 Å². The Kier molecular flexibility index (Phi) is 6.11. The smallest absolute Gasteiger partial charge is 0.246 e. The number of anilines is 1. The summed E-state index contributed by atoms with van der Waals surface area (Å²) in [5.41, 5.74) is 2.06. The van der Waals surface area contributed by atoms with Gasteiger partial charge in [0, 0.05) is 35.2 Å². The predicted octanol–water partition coefficient (Wildman–Crippen LogP) is 3.98. The Labute approximate surface area is 190 Å². The fraction of sp³-hybridized carbons (Fsp3) is 0.409. The molecule has 0 spiro atoms. The van der Waals surface area contributed by atoms with Crippen LogP contribution in [0.5, 0.6) is 5.75 Å². The molecule has 2 aromatic rings. The Morgan fingerprint density at radius 1 is 1.16 bits per heavy atom. The lowest BCUT2D eigenvalue weighted by Crippen LogP contribution is -2.46. The number of benzene rings is 2. The van der Waals surface area contributed by atoms with E-state index < -0.39 is 15.8 Å². The Hall–Kier alpha value is -1.97. The van der Waals surface area contributed by atoms with Crippen LogP contribution in [0.15, 0.2) is 45.8 Å². The molecule has 1 saturated heterocycles. The van der Waals surface area contributed by atoms with E-state index in [1.54, 1.807) is 0 Å². The van der Waals surface area contributed by atoms with Gasteiger partial charge in [-0.05, 0) is 68.1 Å². The molecule has 166 valence electrons. The first-order valence-corrected chi connectivity index (χ1v) is 12.4. The van der Waals surface area contributed by atoms with E-state index in [2.05, 4.69) is 15.9 Å². The van der Waals surface area contributed by atoms with Gasteiger partial charge in [0.15, 0.2) is 0 Å². The van der Waals surface area contributed by atoms with Crippen LogP contribution in [0.3, 0.4) is 0 Å². The van der Waals surface area contributed by atoms with Gasteiger partial charge in [-0.1, -0.05) is 15.9 Å². The highest BCUT2D eigenvalue weighted by Crippen LogP contribution is 2.37. The second-order valence-corrected chi connectivity index (χ2v) is 10.8. The van der Waals surface area contributed by atoms with Gasteiger partial charge in [0.1, 0.15) is 16.5 Å². The van der Waals surface area contributed by atoms with Crippen LogP contribution < -0.4 is 9.64 Å². The van der Waals surface area contributed by atoms with Gasteiger partial charge in [0.2, 0.25) is 15.9 Å². The maximum absolute atomic E-state index is 13.7. The molecular formula is C22H24BrFN2O4S. The van der Waals surface area contributed by atoms with Crippen LogP contribution in [0.2, 0.25) is 0 Å². The summed E-state index contributed by atoms with van der Waals surface area (Å²) < 4.78 is 47.3. The molecule has 9 heteroatoms. The second-order valence-electron chi connectivity index (χ2n) is 8.01. The summed E-state index contributed by atoms with van der Waals surface area (Å²) in [6, 6.07) is 9.44.